The van der Waals surface area contributed by atoms with E-state index in [-0.39, 0.29) is 5.91 Å². The van der Waals surface area contributed by atoms with Gasteiger partial charge in [-0.1, -0.05) is 10.3 Å². The van der Waals surface area contributed by atoms with Crippen LogP contribution < -0.4 is 14.8 Å². The van der Waals surface area contributed by atoms with Crippen molar-refractivity contribution in [1.82, 2.24) is 5.16 Å². The highest BCUT2D eigenvalue weighted by Crippen LogP contribution is 2.27. The number of benzene rings is 1. The molecule has 0 bridgehead atoms. The lowest BCUT2D eigenvalue weighted by molar-refractivity contribution is -0.126. The molecule has 8 nitrogen and oxygen atoms in total. The molecule has 1 heterocycles. The summed E-state index contributed by atoms with van der Waals surface area (Å²) >= 11 is 0. The van der Waals surface area contributed by atoms with Crippen molar-refractivity contribution in [3.05, 3.63) is 35.6 Å². The molecule has 1 aromatic heterocycles. The summed E-state index contributed by atoms with van der Waals surface area (Å²) < 4.78 is 15.6. The van der Waals surface area contributed by atoms with Crippen LogP contribution in [0.4, 0.5) is 5.82 Å². The minimum Gasteiger partial charge on any atom is -0.493 e. The van der Waals surface area contributed by atoms with Crippen molar-refractivity contribution in [2.24, 2.45) is 5.16 Å². The smallest absolute Gasteiger partial charge is 0.269 e. The van der Waals surface area contributed by atoms with Crippen molar-refractivity contribution < 1.29 is 23.6 Å². The molecule has 1 amide bonds. The van der Waals surface area contributed by atoms with Crippen LogP contribution in [0.15, 0.2) is 33.9 Å². The first-order chi connectivity index (χ1) is 12.0. The van der Waals surface area contributed by atoms with Crippen LogP contribution >= 0.6 is 0 Å². The maximum atomic E-state index is 12.0. The zero-order chi connectivity index (χ0) is 18.2. The van der Waals surface area contributed by atoms with Crippen LogP contribution in [0.1, 0.15) is 25.2 Å². The third kappa shape index (κ3) is 5.23. The van der Waals surface area contributed by atoms with E-state index in [0.717, 1.165) is 5.56 Å². The monoisotopic (exact) mass is 347 g/mol. The molecule has 0 aliphatic heterocycles. The van der Waals surface area contributed by atoms with Crippen LogP contribution in [-0.2, 0) is 9.63 Å². The Kier molecular flexibility index (Phi) is 6.39. The second-order valence-corrected chi connectivity index (χ2v) is 5.14. The number of aromatic nitrogens is 1. The molecule has 0 fully saturated rings. The van der Waals surface area contributed by atoms with E-state index in [1.54, 1.807) is 39.2 Å². The van der Waals surface area contributed by atoms with Crippen LogP contribution in [0.3, 0.4) is 0 Å². The number of rotatable bonds is 8. The maximum absolute atomic E-state index is 12.0. The molecule has 1 atom stereocenters. The molecule has 134 valence electrons. The Morgan fingerprint density at radius 3 is 2.84 bits per heavy atom. The molecular formula is C17H21N3O5. The number of aryl methyl sites for hydroxylation is 1. The van der Waals surface area contributed by atoms with E-state index in [0.29, 0.717) is 29.7 Å². The number of carbonyl (C=O) groups excluding carboxylic acids is 1. The van der Waals surface area contributed by atoms with E-state index in [4.69, 9.17) is 18.8 Å². The molecule has 8 heteroatoms. The summed E-state index contributed by atoms with van der Waals surface area (Å²) in [6, 6.07) is 6.97. The third-order valence-electron chi connectivity index (χ3n) is 3.16. The van der Waals surface area contributed by atoms with Gasteiger partial charge in [-0.25, -0.2) is 0 Å². The van der Waals surface area contributed by atoms with Gasteiger partial charge in [0.1, 0.15) is 5.76 Å². The van der Waals surface area contributed by atoms with Gasteiger partial charge in [0, 0.05) is 11.6 Å². The van der Waals surface area contributed by atoms with Crippen molar-refractivity contribution in [3.8, 4) is 11.5 Å². The van der Waals surface area contributed by atoms with Gasteiger partial charge in [0.15, 0.2) is 17.3 Å². The molecule has 1 N–H and O–H groups in total. The van der Waals surface area contributed by atoms with Crippen molar-refractivity contribution in [3.63, 3.8) is 0 Å². The Bertz CT molecular complexity index is 742. The van der Waals surface area contributed by atoms with E-state index in [1.165, 1.54) is 6.21 Å². The number of oxime groups is 1. The van der Waals surface area contributed by atoms with Crippen molar-refractivity contribution in [2.45, 2.75) is 26.9 Å². The summed E-state index contributed by atoms with van der Waals surface area (Å²) in [4.78, 5) is 17.1. The summed E-state index contributed by atoms with van der Waals surface area (Å²) in [6.07, 6.45) is 0.695. The second kappa shape index (κ2) is 8.72. The molecule has 0 aliphatic carbocycles. The summed E-state index contributed by atoms with van der Waals surface area (Å²) in [7, 11) is 1.56. The Labute approximate surface area is 145 Å². The highest BCUT2D eigenvalue weighted by Gasteiger charge is 2.15. The third-order valence-corrected chi connectivity index (χ3v) is 3.16. The first kappa shape index (κ1) is 18.3. The van der Waals surface area contributed by atoms with Crippen LogP contribution in [-0.4, -0.2) is 37.1 Å². The van der Waals surface area contributed by atoms with E-state index in [2.05, 4.69) is 15.6 Å². The maximum Gasteiger partial charge on any atom is 0.269 e. The second-order valence-electron chi connectivity index (χ2n) is 5.14. The molecule has 1 aromatic carbocycles. The van der Waals surface area contributed by atoms with Crippen molar-refractivity contribution in [2.75, 3.05) is 19.0 Å². The molecular weight excluding hydrogens is 326 g/mol. The summed E-state index contributed by atoms with van der Waals surface area (Å²) in [5.41, 5.74) is 0.750. The Hall–Kier alpha value is -3.03. The molecule has 0 aliphatic rings. The van der Waals surface area contributed by atoms with Crippen molar-refractivity contribution >= 4 is 17.9 Å². The van der Waals surface area contributed by atoms with Gasteiger partial charge in [-0.15, -0.1) is 0 Å². The number of nitrogens with one attached hydrogen (secondary N) is 1. The van der Waals surface area contributed by atoms with Gasteiger partial charge in [-0.3, -0.25) is 4.79 Å². The molecule has 0 spiro atoms. The Morgan fingerprint density at radius 1 is 1.40 bits per heavy atom. The average Bonchev–Trinajstić information content (AvgIpc) is 3.00. The van der Waals surface area contributed by atoms with Gasteiger partial charge >= 0.3 is 0 Å². The predicted molar refractivity (Wildman–Crippen MR) is 92.2 cm³/mol. The van der Waals surface area contributed by atoms with Gasteiger partial charge in [-0.05, 0) is 39.0 Å². The molecule has 0 saturated heterocycles. The zero-order valence-electron chi connectivity index (χ0n) is 14.6. The number of hydrogen-bond donors (Lipinski definition) is 1. The highest BCUT2D eigenvalue weighted by atomic mass is 16.6. The minimum absolute atomic E-state index is 0.332. The van der Waals surface area contributed by atoms with Gasteiger partial charge in [0.05, 0.1) is 19.9 Å². The van der Waals surface area contributed by atoms with E-state index in [1.807, 2.05) is 13.0 Å². The lowest BCUT2D eigenvalue weighted by Crippen LogP contribution is -2.26. The summed E-state index contributed by atoms with van der Waals surface area (Å²) in [6.45, 7) is 5.76. The average molecular weight is 347 g/mol. The summed E-state index contributed by atoms with van der Waals surface area (Å²) in [5, 5.41) is 10.1. The fraction of sp³-hybridized carbons (Fsp3) is 0.353. The molecule has 0 saturated carbocycles. The number of ether oxygens (including phenoxy) is 2. The normalized spacial score (nSPS) is 12.0. The van der Waals surface area contributed by atoms with Crippen LogP contribution in [0, 0.1) is 6.92 Å². The fourth-order valence-corrected chi connectivity index (χ4v) is 1.92. The predicted octanol–water partition coefficient (Wildman–Crippen LogP) is 2.77. The van der Waals surface area contributed by atoms with E-state index < -0.39 is 6.10 Å². The number of hydrogen-bond acceptors (Lipinski definition) is 7. The Morgan fingerprint density at radius 2 is 2.20 bits per heavy atom. The van der Waals surface area contributed by atoms with Gasteiger partial charge in [-0.2, -0.15) is 0 Å². The first-order valence-corrected chi connectivity index (χ1v) is 7.77. The minimum atomic E-state index is -0.794. The first-order valence-electron chi connectivity index (χ1n) is 7.77. The molecule has 25 heavy (non-hydrogen) atoms. The molecule has 2 rings (SSSR count). The highest BCUT2D eigenvalue weighted by molar-refractivity contribution is 5.93. The van der Waals surface area contributed by atoms with Crippen LogP contribution in [0.2, 0.25) is 0 Å². The van der Waals surface area contributed by atoms with E-state index in [9.17, 15) is 4.79 Å². The largest absolute Gasteiger partial charge is 0.493 e. The number of nitrogens with zero attached hydrogens (tertiary/aromatic N) is 2. The van der Waals surface area contributed by atoms with Gasteiger partial charge in [0.2, 0.25) is 6.10 Å². The number of anilines is 1. The topological polar surface area (TPSA) is 95.2 Å². The zero-order valence-corrected chi connectivity index (χ0v) is 14.6. The van der Waals surface area contributed by atoms with Crippen LogP contribution in [0.5, 0.6) is 11.5 Å². The number of methoxy groups -OCH3 is 1. The lowest BCUT2D eigenvalue weighted by atomic mass is 10.2. The lowest BCUT2D eigenvalue weighted by Gasteiger charge is -2.10. The quantitative estimate of drug-likeness (QED) is 0.583. The number of amides is 1. The molecule has 0 radical (unpaired) electrons. The molecule has 1 unspecified atom stereocenters. The fourth-order valence-electron chi connectivity index (χ4n) is 1.92. The van der Waals surface area contributed by atoms with Crippen molar-refractivity contribution in [1.29, 1.82) is 0 Å². The van der Waals surface area contributed by atoms with Gasteiger partial charge in [0.25, 0.3) is 5.91 Å². The Balaban J connectivity index is 1.92. The van der Waals surface area contributed by atoms with Crippen LogP contribution in [0.25, 0.3) is 0 Å². The molecule has 2 aromatic rings. The summed E-state index contributed by atoms with van der Waals surface area (Å²) in [5.74, 6) is 1.80. The SMILES string of the molecule is CCOc1ccc(C=NOC(C)C(=O)Nc2cc(C)on2)cc1OC. The van der Waals surface area contributed by atoms with Gasteiger partial charge < -0.3 is 24.2 Å². The van der Waals surface area contributed by atoms with E-state index >= 15 is 0 Å². The standard InChI is InChI=1S/C17H21N3O5/c1-5-23-14-7-6-13(9-15(14)22-4)10-18-25-12(3)17(21)19-16-8-11(2)24-20-16/h6-10,12H,5H2,1-4H3,(H,19,20,21). The number of carbonyl (C=O) groups is 1.